The molecule has 0 unspecified atom stereocenters. The van der Waals surface area contributed by atoms with Crippen molar-refractivity contribution in [2.75, 3.05) is 12.4 Å². The first-order valence-electron chi connectivity index (χ1n) is 9.48. The van der Waals surface area contributed by atoms with Gasteiger partial charge in [0, 0.05) is 11.1 Å². The number of anilines is 1. The molecule has 1 amide bonds. The molecule has 0 atom stereocenters. The number of carbonyl (C=O) groups excluding carboxylic acids is 1. The largest absolute Gasteiger partial charge is 0.478 e. The van der Waals surface area contributed by atoms with Gasteiger partial charge in [-0.3, -0.25) is 4.79 Å². The Morgan fingerprint density at radius 3 is 2.59 bits per heavy atom. The first-order chi connectivity index (χ1) is 16.2. The van der Waals surface area contributed by atoms with Gasteiger partial charge in [-0.05, 0) is 43.4 Å². The second kappa shape index (κ2) is 8.70. The average molecular weight is 478 g/mol. The highest BCUT2D eigenvalue weighted by molar-refractivity contribution is 7.89. The Kier molecular flexibility index (Phi) is 5.76. The van der Waals surface area contributed by atoms with E-state index in [0.29, 0.717) is 5.56 Å². The van der Waals surface area contributed by atoms with Crippen LogP contribution < -0.4 is 10.0 Å². The van der Waals surface area contributed by atoms with Crippen LogP contribution in [0.15, 0.2) is 58.2 Å². The average Bonchev–Trinajstić information content (AvgIpc) is 3.27. The molecule has 13 heteroatoms. The van der Waals surface area contributed by atoms with Crippen LogP contribution in [0.3, 0.4) is 0 Å². The van der Waals surface area contributed by atoms with Crippen LogP contribution in [0.2, 0.25) is 0 Å². The molecule has 0 fully saturated rings. The summed E-state index contributed by atoms with van der Waals surface area (Å²) in [6, 6.07) is 9.76. The van der Waals surface area contributed by atoms with Gasteiger partial charge in [-0.1, -0.05) is 5.16 Å². The second-order valence-corrected chi connectivity index (χ2v) is 8.70. The van der Waals surface area contributed by atoms with Gasteiger partial charge in [0.05, 0.1) is 45.6 Å². The molecule has 0 saturated heterocycles. The predicted molar refractivity (Wildman–Crippen MR) is 117 cm³/mol. The van der Waals surface area contributed by atoms with Crippen molar-refractivity contribution >= 4 is 38.6 Å². The van der Waals surface area contributed by atoms with Gasteiger partial charge in [0.1, 0.15) is 0 Å². The first kappa shape index (κ1) is 22.5. The van der Waals surface area contributed by atoms with E-state index in [0.717, 1.165) is 6.07 Å². The molecule has 3 N–H and O–H groups in total. The van der Waals surface area contributed by atoms with Crippen LogP contribution >= 0.6 is 0 Å². The van der Waals surface area contributed by atoms with E-state index in [2.05, 4.69) is 25.4 Å². The van der Waals surface area contributed by atoms with Crippen LogP contribution in [0.25, 0.3) is 22.1 Å². The minimum Gasteiger partial charge on any atom is -0.478 e. The van der Waals surface area contributed by atoms with Crippen molar-refractivity contribution < 1.29 is 27.6 Å². The van der Waals surface area contributed by atoms with E-state index in [1.54, 1.807) is 6.07 Å². The maximum Gasteiger partial charge on any atom is 0.337 e. The summed E-state index contributed by atoms with van der Waals surface area (Å²) in [7, 11) is -2.74. The summed E-state index contributed by atoms with van der Waals surface area (Å²) in [6.45, 7) is 0. The fourth-order valence-corrected chi connectivity index (χ4v) is 4.18. The number of aromatic carboxylic acids is 1. The van der Waals surface area contributed by atoms with E-state index in [1.165, 1.54) is 43.7 Å². The second-order valence-electron chi connectivity index (χ2n) is 6.85. The summed E-state index contributed by atoms with van der Waals surface area (Å²) < 4.78 is 32.9. The highest BCUT2D eigenvalue weighted by atomic mass is 32.2. The summed E-state index contributed by atoms with van der Waals surface area (Å²) in [5, 5.41) is 32.1. The van der Waals surface area contributed by atoms with Crippen molar-refractivity contribution in [3.05, 3.63) is 65.6 Å². The zero-order valence-corrected chi connectivity index (χ0v) is 18.1. The molecule has 0 radical (unpaired) electrons. The third-order valence-corrected chi connectivity index (χ3v) is 6.32. The van der Waals surface area contributed by atoms with Crippen molar-refractivity contribution in [3.8, 4) is 17.2 Å². The highest BCUT2D eigenvalue weighted by Gasteiger charge is 2.25. The summed E-state index contributed by atoms with van der Waals surface area (Å²) in [4.78, 5) is 24.3. The summed E-state index contributed by atoms with van der Waals surface area (Å²) in [6.07, 6.45) is 2.77. The van der Waals surface area contributed by atoms with Gasteiger partial charge in [0.2, 0.25) is 10.0 Å². The summed E-state index contributed by atoms with van der Waals surface area (Å²) >= 11 is 0. The monoisotopic (exact) mass is 478 g/mol. The predicted octanol–water partition coefficient (Wildman–Crippen LogP) is 2.02. The van der Waals surface area contributed by atoms with Gasteiger partial charge < -0.3 is 14.9 Å². The number of nitrogens with one attached hydrogen (secondary N) is 2. The van der Waals surface area contributed by atoms with Gasteiger partial charge in [0.25, 0.3) is 5.91 Å². The Labute approximate surface area is 191 Å². The van der Waals surface area contributed by atoms with E-state index < -0.39 is 21.9 Å². The lowest BCUT2D eigenvalue weighted by Gasteiger charge is -2.10. The number of aromatic nitrogens is 3. The molecule has 0 bridgehead atoms. The Bertz CT molecular complexity index is 1590. The number of hydrogen-bond donors (Lipinski definition) is 3. The smallest absolute Gasteiger partial charge is 0.337 e. The van der Waals surface area contributed by atoms with Crippen LogP contribution in [0, 0.1) is 11.3 Å². The molecule has 4 aromatic rings. The lowest BCUT2D eigenvalue weighted by atomic mass is 10.1. The van der Waals surface area contributed by atoms with E-state index in [-0.39, 0.29) is 43.9 Å². The standard InChI is InChI=1S/C21H14N6O6S/c1-23-34(31,32)18-8-15-17(7-13(18)12-4-5-24-25-10-12)33-27-19(15)20(28)26-16-3-2-11(9-22)6-14(16)21(29)30/h2-8,10,23H,1H3,(H,26,28)(H,29,30). The van der Waals surface area contributed by atoms with Crippen molar-refractivity contribution in [2.45, 2.75) is 4.90 Å². The number of sulfonamides is 1. The van der Waals surface area contributed by atoms with Crippen molar-refractivity contribution in [3.63, 3.8) is 0 Å². The topological polar surface area (TPSA) is 188 Å². The fourth-order valence-electron chi connectivity index (χ4n) is 3.22. The number of carboxylic acid groups (broad SMARTS) is 1. The number of nitrogens with zero attached hydrogens (tertiary/aromatic N) is 4. The van der Waals surface area contributed by atoms with E-state index in [4.69, 9.17) is 9.78 Å². The molecule has 2 heterocycles. The molecule has 4 rings (SSSR count). The van der Waals surface area contributed by atoms with Gasteiger partial charge in [-0.2, -0.15) is 15.5 Å². The van der Waals surface area contributed by atoms with E-state index in [1.807, 2.05) is 6.07 Å². The molecule has 170 valence electrons. The number of hydrogen-bond acceptors (Lipinski definition) is 9. The maximum absolute atomic E-state index is 12.9. The number of fused-ring (bicyclic) bond motifs is 1. The maximum atomic E-state index is 12.9. The first-order valence-corrected chi connectivity index (χ1v) is 11.0. The Morgan fingerprint density at radius 2 is 1.94 bits per heavy atom. The van der Waals surface area contributed by atoms with Crippen LogP contribution in [0.5, 0.6) is 0 Å². The fraction of sp³-hybridized carbons (Fsp3) is 0.0476. The number of carbonyl (C=O) groups is 2. The van der Waals surface area contributed by atoms with Crippen LogP contribution in [-0.2, 0) is 10.0 Å². The van der Waals surface area contributed by atoms with Gasteiger partial charge in [-0.15, -0.1) is 0 Å². The van der Waals surface area contributed by atoms with Crippen molar-refractivity contribution in [1.82, 2.24) is 20.1 Å². The Morgan fingerprint density at radius 1 is 1.15 bits per heavy atom. The third kappa shape index (κ3) is 4.06. The lowest BCUT2D eigenvalue weighted by Crippen LogP contribution is -2.19. The summed E-state index contributed by atoms with van der Waals surface area (Å²) in [5.74, 6) is -2.19. The zero-order chi connectivity index (χ0) is 24.5. The quantitative estimate of drug-likeness (QED) is 0.370. The van der Waals surface area contributed by atoms with Crippen molar-refractivity contribution in [2.24, 2.45) is 0 Å². The molecular formula is C21H14N6O6S. The molecular weight excluding hydrogens is 464 g/mol. The number of rotatable bonds is 6. The van der Waals surface area contributed by atoms with E-state index >= 15 is 0 Å². The van der Waals surface area contributed by atoms with Crippen LogP contribution in [0.4, 0.5) is 5.69 Å². The van der Waals surface area contributed by atoms with Crippen LogP contribution in [-0.4, -0.2) is 47.8 Å². The normalized spacial score (nSPS) is 11.2. The molecule has 2 aromatic heterocycles. The van der Waals surface area contributed by atoms with E-state index in [9.17, 15) is 23.1 Å². The molecule has 12 nitrogen and oxygen atoms in total. The molecule has 0 saturated carbocycles. The SMILES string of the molecule is CNS(=O)(=O)c1cc2c(C(=O)Nc3ccc(C#N)cc3C(=O)O)noc2cc1-c1ccnnc1. The van der Waals surface area contributed by atoms with Gasteiger partial charge >= 0.3 is 5.97 Å². The molecule has 34 heavy (non-hydrogen) atoms. The zero-order valence-electron chi connectivity index (χ0n) is 17.3. The van der Waals surface area contributed by atoms with Gasteiger partial charge in [-0.25, -0.2) is 17.9 Å². The molecule has 0 aliphatic rings. The van der Waals surface area contributed by atoms with Crippen LogP contribution in [0.1, 0.15) is 26.4 Å². The Balaban J connectivity index is 1.83. The molecule has 0 spiro atoms. The van der Waals surface area contributed by atoms with Crippen molar-refractivity contribution in [1.29, 1.82) is 5.26 Å². The third-order valence-electron chi connectivity index (χ3n) is 4.87. The number of benzene rings is 2. The minimum atomic E-state index is -3.98. The molecule has 0 aliphatic heterocycles. The molecule has 0 aliphatic carbocycles. The Hall–Kier alpha value is -4.67. The highest BCUT2D eigenvalue weighted by Crippen LogP contribution is 2.33. The lowest BCUT2D eigenvalue weighted by molar-refractivity contribution is 0.0698. The number of nitriles is 1. The number of carboxylic acids is 1. The molecule has 2 aromatic carbocycles. The summed E-state index contributed by atoms with van der Waals surface area (Å²) in [5.41, 5.74) is 0.272. The van der Waals surface area contributed by atoms with Gasteiger partial charge in [0.15, 0.2) is 11.3 Å². The number of amides is 1. The minimum absolute atomic E-state index is 0.0739.